The fraction of sp³-hybridized carbons (Fsp3) is 0.500. The Labute approximate surface area is 128 Å². The van der Waals surface area contributed by atoms with Gasteiger partial charge in [0.2, 0.25) is 5.91 Å². The van der Waals surface area contributed by atoms with E-state index in [1.54, 1.807) is 0 Å². The summed E-state index contributed by atoms with van der Waals surface area (Å²) < 4.78 is 0. The highest BCUT2D eigenvalue weighted by atomic mass is 35.5. The van der Waals surface area contributed by atoms with Crippen LogP contribution in [-0.4, -0.2) is 23.5 Å². The molecule has 0 heterocycles. The van der Waals surface area contributed by atoms with E-state index in [1.165, 1.54) is 5.56 Å². The van der Waals surface area contributed by atoms with Crippen LogP contribution in [0.3, 0.4) is 0 Å². The predicted octanol–water partition coefficient (Wildman–Crippen LogP) is 2.60. The van der Waals surface area contributed by atoms with Crippen LogP contribution in [0, 0.1) is 11.8 Å². The second-order valence-electron chi connectivity index (χ2n) is 6.15. The van der Waals surface area contributed by atoms with Crippen LogP contribution in [0.5, 0.6) is 0 Å². The summed E-state index contributed by atoms with van der Waals surface area (Å²) in [4.78, 5) is 22.8. The van der Waals surface area contributed by atoms with E-state index in [0.717, 1.165) is 19.3 Å². The lowest BCUT2D eigenvalue weighted by Gasteiger charge is -2.42. The third-order valence-electron chi connectivity index (χ3n) is 4.81. The van der Waals surface area contributed by atoms with Crippen LogP contribution < -0.4 is 5.32 Å². The van der Waals surface area contributed by atoms with Gasteiger partial charge in [0.1, 0.15) is 0 Å². The van der Waals surface area contributed by atoms with Gasteiger partial charge in [-0.1, -0.05) is 30.2 Å². The first kappa shape index (κ1) is 14.4. The monoisotopic (exact) mass is 307 g/mol. The minimum absolute atomic E-state index is 0.00609. The average molecular weight is 308 g/mol. The number of halogens is 1. The van der Waals surface area contributed by atoms with Crippen molar-refractivity contribution in [2.45, 2.75) is 31.1 Å². The lowest BCUT2D eigenvalue weighted by Crippen LogP contribution is -2.46. The van der Waals surface area contributed by atoms with Crippen LogP contribution in [-0.2, 0) is 15.0 Å². The number of nitrogens with one attached hydrogen (secondary N) is 1. The zero-order valence-corrected chi connectivity index (χ0v) is 12.4. The van der Waals surface area contributed by atoms with Crippen LogP contribution in [0.25, 0.3) is 0 Å². The highest BCUT2D eigenvalue weighted by molar-refractivity contribution is 6.30. The molecule has 0 spiro atoms. The molecule has 1 aromatic carbocycles. The lowest BCUT2D eigenvalue weighted by molar-refractivity contribution is -0.140. The summed E-state index contributed by atoms with van der Waals surface area (Å²) in [7, 11) is 0. The Morgan fingerprint density at radius 3 is 2.38 bits per heavy atom. The van der Waals surface area contributed by atoms with Crippen molar-refractivity contribution in [1.29, 1.82) is 0 Å². The van der Waals surface area contributed by atoms with Crippen molar-refractivity contribution < 1.29 is 14.7 Å². The topological polar surface area (TPSA) is 66.4 Å². The maximum atomic E-state index is 12.0. The summed E-state index contributed by atoms with van der Waals surface area (Å²) in [6.45, 7) is 0.580. The van der Waals surface area contributed by atoms with Crippen LogP contribution in [0.1, 0.15) is 31.2 Å². The highest BCUT2D eigenvalue weighted by Crippen LogP contribution is 2.44. The largest absolute Gasteiger partial charge is 0.481 e. The Morgan fingerprint density at radius 2 is 1.90 bits per heavy atom. The number of carboxylic acid groups (broad SMARTS) is 1. The minimum atomic E-state index is -0.869. The third-order valence-corrected chi connectivity index (χ3v) is 5.06. The van der Waals surface area contributed by atoms with Gasteiger partial charge in [-0.15, -0.1) is 0 Å². The summed E-state index contributed by atoms with van der Waals surface area (Å²) >= 11 is 5.92. The fourth-order valence-corrected chi connectivity index (χ4v) is 3.25. The van der Waals surface area contributed by atoms with Crippen molar-refractivity contribution in [2.24, 2.45) is 11.8 Å². The molecule has 2 unspecified atom stereocenters. The fourth-order valence-electron chi connectivity index (χ4n) is 3.12. The molecular weight excluding hydrogens is 290 g/mol. The first-order chi connectivity index (χ1) is 10.0. The van der Waals surface area contributed by atoms with Gasteiger partial charge in [0.25, 0.3) is 0 Å². The highest BCUT2D eigenvalue weighted by Gasteiger charge is 2.49. The van der Waals surface area contributed by atoms with Crippen molar-refractivity contribution in [3.8, 4) is 0 Å². The van der Waals surface area contributed by atoms with E-state index in [1.807, 2.05) is 24.3 Å². The summed E-state index contributed by atoms with van der Waals surface area (Å²) in [6.07, 6.45) is 3.71. The average Bonchev–Trinajstić information content (AvgIpc) is 3.19. The summed E-state index contributed by atoms with van der Waals surface area (Å²) in [5.74, 6) is -1.82. The van der Waals surface area contributed by atoms with Crippen molar-refractivity contribution in [3.63, 3.8) is 0 Å². The Hall–Kier alpha value is -1.55. The molecule has 1 aromatic rings. The van der Waals surface area contributed by atoms with Crippen LogP contribution in [0.4, 0.5) is 0 Å². The molecule has 21 heavy (non-hydrogen) atoms. The van der Waals surface area contributed by atoms with Crippen molar-refractivity contribution in [2.75, 3.05) is 6.54 Å². The van der Waals surface area contributed by atoms with E-state index in [2.05, 4.69) is 5.32 Å². The van der Waals surface area contributed by atoms with Crippen LogP contribution in [0.15, 0.2) is 24.3 Å². The number of carboxylic acids is 1. The number of carbonyl (C=O) groups is 2. The molecule has 2 aliphatic rings. The maximum Gasteiger partial charge on any atom is 0.307 e. The molecule has 5 heteroatoms. The number of carbonyl (C=O) groups excluding carboxylic acids is 1. The SMILES string of the molecule is O=C(O)C1CC1C(=O)NCC1(c2ccc(Cl)cc2)CCC1. The van der Waals surface area contributed by atoms with Crippen LogP contribution in [0.2, 0.25) is 5.02 Å². The quantitative estimate of drug-likeness (QED) is 0.878. The smallest absolute Gasteiger partial charge is 0.307 e. The van der Waals surface area contributed by atoms with Gasteiger partial charge in [-0.3, -0.25) is 9.59 Å². The van der Waals surface area contributed by atoms with E-state index in [4.69, 9.17) is 16.7 Å². The number of hydrogen-bond acceptors (Lipinski definition) is 2. The predicted molar refractivity (Wildman–Crippen MR) is 79.2 cm³/mol. The Bertz CT molecular complexity index is 565. The van der Waals surface area contributed by atoms with Crippen molar-refractivity contribution in [1.82, 2.24) is 5.32 Å². The molecule has 112 valence electrons. The van der Waals surface area contributed by atoms with Gasteiger partial charge in [-0.05, 0) is 37.0 Å². The zero-order valence-electron chi connectivity index (χ0n) is 11.6. The summed E-state index contributed by atoms with van der Waals surface area (Å²) in [6, 6.07) is 7.79. The lowest BCUT2D eigenvalue weighted by atomic mass is 9.64. The van der Waals surface area contributed by atoms with E-state index in [-0.39, 0.29) is 17.2 Å². The normalized spacial score (nSPS) is 25.8. The Kier molecular flexibility index (Phi) is 3.66. The van der Waals surface area contributed by atoms with Gasteiger partial charge >= 0.3 is 5.97 Å². The molecule has 2 N–H and O–H groups in total. The standard InChI is InChI=1S/C16H18ClNO3/c17-11-4-2-10(3-5-11)16(6-1-7-16)9-18-14(19)12-8-13(12)15(20)21/h2-5,12-13H,1,6-9H2,(H,18,19)(H,20,21). The molecule has 2 fully saturated rings. The molecule has 4 nitrogen and oxygen atoms in total. The number of hydrogen-bond donors (Lipinski definition) is 2. The molecule has 3 rings (SSSR count). The van der Waals surface area contributed by atoms with Gasteiger partial charge in [-0.25, -0.2) is 0 Å². The first-order valence-corrected chi connectivity index (χ1v) is 7.66. The minimum Gasteiger partial charge on any atom is -0.481 e. The first-order valence-electron chi connectivity index (χ1n) is 7.28. The number of aliphatic carboxylic acids is 1. The van der Waals surface area contributed by atoms with Gasteiger partial charge in [0.15, 0.2) is 0 Å². The van der Waals surface area contributed by atoms with E-state index >= 15 is 0 Å². The molecule has 0 aromatic heterocycles. The number of rotatable bonds is 5. The van der Waals surface area contributed by atoms with Crippen LogP contribution >= 0.6 is 11.6 Å². The summed E-state index contributed by atoms with van der Waals surface area (Å²) in [5.41, 5.74) is 1.19. The van der Waals surface area contributed by atoms with E-state index in [0.29, 0.717) is 18.0 Å². The molecule has 0 bridgehead atoms. The van der Waals surface area contributed by atoms with Crippen molar-refractivity contribution >= 4 is 23.5 Å². The molecule has 0 saturated heterocycles. The van der Waals surface area contributed by atoms with Gasteiger partial charge in [-0.2, -0.15) is 0 Å². The van der Waals surface area contributed by atoms with Gasteiger partial charge in [0.05, 0.1) is 11.8 Å². The Morgan fingerprint density at radius 1 is 1.24 bits per heavy atom. The third kappa shape index (κ3) is 2.77. The second-order valence-corrected chi connectivity index (χ2v) is 6.58. The summed E-state index contributed by atoms with van der Waals surface area (Å²) in [5, 5.41) is 12.5. The second kappa shape index (κ2) is 5.34. The number of benzene rings is 1. The number of amides is 1. The molecule has 2 aliphatic carbocycles. The van der Waals surface area contributed by atoms with Crippen molar-refractivity contribution in [3.05, 3.63) is 34.9 Å². The molecule has 2 saturated carbocycles. The molecule has 2 atom stereocenters. The zero-order chi connectivity index (χ0) is 15.0. The molecule has 0 radical (unpaired) electrons. The molecule has 1 amide bonds. The van der Waals surface area contributed by atoms with Gasteiger partial charge < -0.3 is 10.4 Å². The van der Waals surface area contributed by atoms with Gasteiger partial charge in [0, 0.05) is 17.0 Å². The molecule has 0 aliphatic heterocycles. The molecular formula is C16H18ClNO3. The maximum absolute atomic E-state index is 12.0. The Balaban J connectivity index is 1.61. The van der Waals surface area contributed by atoms with E-state index < -0.39 is 11.9 Å². The van der Waals surface area contributed by atoms with E-state index in [9.17, 15) is 9.59 Å².